The van der Waals surface area contributed by atoms with Crippen LogP contribution in [-0.2, 0) is 0 Å². The van der Waals surface area contributed by atoms with E-state index in [9.17, 15) is 23.6 Å². The van der Waals surface area contributed by atoms with Crippen molar-refractivity contribution in [3.05, 3.63) is 145 Å². The molecule has 8 rings (SSSR count). The summed E-state index contributed by atoms with van der Waals surface area (Å²) >= 11 is 0. The van der Waals surface area contributed by atoms with Crippen LogP contribution in [0.2, 0.25) is 0 Å². The van der Waals surface area contributed by atoms with Crippen LogP contribution in [0.4, 0.5) is 36.7 Å². The number of urea groups is 2. The van der Waals surface area contributed by atoms with Crippen LogP contribution >= 0.6 is 0 Å². The molecule has 2 aliphatic heterocycles. The number of carbonyl (C=O) groups is 4. The van der Waals surface area contributed by atoms with Crippen molar-refractivity contribution in [3.8, 4) is 46.0 Å². The third-order valence-electron chi connectivity index (χ3n) is 15.5. The molecule has 90 heavy (non-hydrogen) atoms. The lowest BCUT2D eigenvalue weighted by molar-refractivity contribution is -0.0231. The topological polar surface area (TPSA) is 206 Å². The number of alkyl halides is 1. The Morgan fingerprint density at radius 2 is 0.933 bits per heavy atom. The summed E-state index contributed by atoms with van der Waals surface area (Å²) in [6.45, 7) is 19.0. The minimum absolute atomic E-state index is 0.113. The molecule has 6 N–H and O–H groups in total. The number of nitrogens with one attached hydrogen (secondary N) is 6. The summed E-state index contributed by atoms with van der Waals surface area (Å²) in [5.74, 6) is 3.97. The maximum absolute atomic E-state index is 14.7. The molecule has 2 unspecified atom stereocenters. The number of nitrogens with zero attached hydrogens (tertiary/aromatic N) is 3. The first-order valence-electron chi connectivity index (χ1n) is 31.8. The van der Waals surface area contributed by atoms with Crippen molar-refractivity contribution in [2.24, 2.45) is 0 Å². The SMILES string of the molecule is CCCCN1CCC(Oc2ccc(C(=O)Nc3ccc(Oc4ccc(NC(=O)NC(CC)CC)cc4OCC)cc3)cc2)C(F)C1.CCOc1cc(NC(=O)NC(CC)CC)ccc1Oc1ccc(NC(=O)c2ccc(OC3CCN(N(C)C)CC3)cc2)cc1. The molecule has 2 heterocycles. The summed E-state index contributed by atoms with van der Waals surface area (Å²) < 4.78 is 50.5. The molecule has 0 bridgehead atoms. The molecule has 0 aromatic heterocycles. The Hall–Kier alpha value is -8.59. The number of anilines is 4. The lowest BCUT2D eigenvalue weighted by Crippen LogP contribution is -2.47. The van der Waals surface area contributed by atoms with Crippen molar-refractivity contribution in [2.75, 3.05) is 81.3 Å². The van der Waals surface area contributed by atoms with E-state index in [0.717, 1.165) is 83.3 Å². The average Bonchev–Trinajstić information content (AvgIpc) is 3.48. The number of ether oxygens (including phenoxy) is 6. The Balaban J connectivity index is 0.000000256. The molecule has 484 valence electrons. The van der Waals surface area contributed by atoms with Gasteiger partial charge in [0.1, 0.15) is 41.4 Å². The molecule has 2 fully saturated rings. The number of likely N-dealkylation sites (tertiary alicyclic amines) is 1. The Morgan fingerprint density at radius 3 is 1.33 bits per heavy atom. The van der Waals surface area contributed by atoms with Crippen LogP contribution in [-0.4, -0.2) is 129 Å². The van der Waals surface area contributed by atoms with Gasteiger partial charge in [0.2, 0.25) is 0 Å². The summed E-state index contributed by atoms with van der Waals surface area (Å²) in [4.78, 5) is 52.7. The fourth-order valence-electron chi connectivity index (χ4n) is 10.2. The summed E-state index contributed by atoms with van der Waals surface area (Å²) in [6, 6.07) is 38.3. The van der Waals surface area contributed by atoms with Gasteiger partial charge in [0.15, 0.2) is 23.0 Å². The molecule has 0 spiro atoms. The fourth-order valence-corrected chi connectivity index (χ4v) is 10.2. The summed E-state index contributed by atoms with van der Waals surface area (Å²) in [7, 11) is 4.12. The van der Waals surface area contributed by atoms with Crippen LogP contribution in [0.25, 0.3) is 0 Å². The molecule has 2 atom stereocenters. The van der Waals surface area contributed by atoms with Crippen molar-refractivity contribution >= 4 is 46.6 Å². The molecule has 0 saturated carbocycles. The first-order valence-corrected chi connectivity index (χ1v) is 31.8. The van der Waals surface area contributed by atoms with Gasteiger partial charge in [0.25, 0.3) is 11.8 Å². The van der Waals surface area contributed by atoms with E-state index >= 15 is 0 Å². The number of hydrogen-bond donors (Lipinski definition) is 6. The first-order chi connectivity index (χ1) is 43.6. The van der Waals surface area contributed by atoms with Crippen LogP contribution in [0.1, 0.15) is 127 Å². The molecule has 6 amide bonds. The van der Waals surface area contributed by atoms with Crippen molar-refractivity contribution in [2.45, 2.75) is 137 Å². The monoisotopic (exact) mass is 1240 g/mol. The molecule has 2 saturated heterocycles. The second-order valence-corrected chi connectivity index (χ2v) is 22.4. The van der Waals surface area contributed by atoms with Crippen LogP contribution in [0.5, 0.6) is 46.0 Å². The molecule has 6 aromatic carbocycles. The third kappa shape index (κ3) is 21.6. The average molecular weight is 1240 g/mol. The van der Waals surface area contributed by atoms with Crippen LogP contribution in [0.15, 0.2) is 133 Å². The maximum atomic E-state index is 14.7. The van der Waals surface area contributed by atoms with Crippen molar-refractivity contribution in [1.82, 2.24) is 25.6 Å². The van der Waals surface area contributed by atoms with E-state index in [0.29, 0.717) is 100 Å². The van der Waals surface area contributed by atoms with E-state index in [-0.39, 0.29) is 42.1 Å². The summed E-state index contributed by atoms with van der Waals surface area (Å²) in [5, 5.41) is 21.9. The van der Waals surface area contributed by atoms with E-state index < -0.39 is 12.3 Å². The van der Waals surface area contributed by atoms with E-state index in [4.69, 9.17) is 28.4 Å². The van der Waals surface area contributed by atoms with Gasteiger partial charge in [0, 0.05) is 98.4 Å². The number of halogens is 1. The van der Waals surface area contributed by atoms with Gasteiger partial charge < -0.3 is 65.2 Å². The molecule has 0 aliphatic carbocycles. The van der Waals surface area contributed by atoms with Gasteiger partial charge in [-0.3, -0.25) is 9.59 Å². The van der Waals surface area contributed by atoms with Gasteiger partial charge in [-0.05, 0) is 193 Å². The summed E-state index contributed by atoms with van der Waals surface area (Å²) in [6.07, 6.45) is 6.83. The van der Waals surface area contributed by atoms with Gasteiger partial charge in [-0.2, -0.15) is 0 Å². The van der Waals surface area contributed by atoms with Crippen molar-refractivity contribution < 1.29 is 52.0 Å². The normalized spacial score (nSPS) is 15.2. The second-order valence-electron chi connectivity index (χ2n) is 22.4. The van der Waals surface area contributed by atoms with Gasteiger partial charge in [0.05, 0.1) is 13.2 Å². The number of amides is 6. The molecule has 0 radical (unpaired) electrons. The molecule has 20 heteroatoms. The zero-order valence-corrected chi connectivity index (χ0v) is 53.7. The highest BCUT2D eigenvalue weighted by molar-refractivity contribution is 6.05. The Kier molecular flexibility index (Phi) is 27.2. The van der Waals surface area contributed by atoms with Crippen molar-refractivity contribution in [3.63, 3.8) is 0 Å². The lowest BCUT2D eigenvalue weighted by Gasteiger charge is -2.35. The zero-order chi connectivity index (χ0) is 64.4. The minimum atomic E-state index is -1.04. The highest BCUT2D eigenvalue weighted by Crippen LogP contribution is 2.37. The fraction of sp³-hybridized carbons (Fsp3) is 0.429. The number of hydrazine groups is 1. The van der Waals surface area contributed by atoms with E-state index in [1.54, 1.807) is 121 Å². The number of rotatable bonds is 28. The zero-order valence-electron chi connectivity index (χ0n) is 53.7. The van der Waals surface area contributed by atoms with E-state index in [1.807, 2.05) is 53.7 Å². The van der Waals surface area contributed by atoms with Gasteiger partial charge in [-0.25, -0.2) is 24.0 Å². The Morgan fingerprint density at radius 1 is 0.511 bits per heavy atom. The lowest BCUT2D eigenvalue weighted by atomic mass is 10.1. The maximum Gasteiger partial charge on any atom is 0.319 e. The first kappa shape index (κ1) is 68.9. The smallest absolute Gasteiger partial charge is 0.319 e. The van der Waals surface area contributed by atoms with E-state index in [1.165, 1.54) is 0 Å². The quantitative estimate of drug-likeness (QED) is 0.0271. The molecule has 19 nitrogen and oxygen atoms in total. The number of hydrogen-bond acceptors (Lipinski definition) is 13. The Bertz CT molecular complexity index is 3180. The highest BCUT2D eigenvalue weighted by Gasteiger charge is 2.31. The molecular formula is C70H92FN9O10. The second kappa shape index (κ2) is 35.6. The predicted molar refractivity (Wildman–Crippen MR) is 354 cm³/mol. The minimum Gasteiger partial charge on any atom is -0.490 e. The number of carbonyl (C=O) groups excluding carboxylic acids is 4. The van der Waals surface area contributed by atoms with Crippen LogP contribution < -0.4 is 60.3 Å². The van der Waals surface area contributed by atoms with Crippen LogP contribution in [0.3, 0.4) is 0 Å². The van der Waals surface area contributed by atoms with E-state index in [2.05, 4.69) is 67.8 Å². The van der Waals surface area contributed by atoms with Gasteiger partial charge in [-0.15, -0.1) is 0 Å². The van der Waals surface area contributed by atoms with Gasteiger partial charge >= 0.3 is 12.1 Å². The number of unbranched alkanes of at least 4 members (excludes halogenated alkanes) is 1. The van der Waals surface area contributed by atoms with Gasteiger partial charge in [-0.1, -0.05) is 41.0 Å². The number of benzene rings is 6. The Labute approximate surface area is 530 Å². The predicted octanol–water partition coefficient (Wildman–Crippen LogP) is 14.8. The molecular weight excluding hydrogens is 1150 g/mol. The summed E-state index contributed by atoms with van der Waals surface area (Å²) in [5.41, 5.74) is 3.44. The number of piperidine rings is 2. The third-order valence-corrected chi connectivity index (χ3v) is 15.5. The highest BCUT2D eigenvalue weighted by atomic mass is 19.1. The standard InChI is InChI=1S/C36H47FN4O5.C34H45N5O5/c1-5-9-21-41-22-20-32(31(37)24-41)45-29-15-10-25(11-16-29)35(42)38-27-12-17-30(18-13-27)46-33-19-14-28(23-34(33)44-8-4)40-36(43)39-26(6-2)7-3;1-6-25(7-2)36-34(41)37-27-13-18-31(32(23-27)42-8-3)44-29-16-11-26(12-17-29)35-33(40)24-9-14-28(15-10-24)43-30-19-21-39(22-20-30)38(4)5/h10-19,23,26,31-32H,5-9,20-22,24H2,1-4H3,(H,38,42)(H2,39,40,43);9-18,23,25,30H,6-8,19-22H2,1-5H3,(H,35,40)(H2,36,37,41). The van der Waals surface area contributed by atoms with Crippen LogP contribution in [0, 0.1) is 0 Å². The molecule has 6 aromatic rings. The largest absolute Gasteiger partial charge is 0.490 e. The van der Waals surface area contributed by atoms with Crippen molar-refractivity contribution in [1.29, 1.82) is 0 Å². The molecule has 2 aliphatic rings.